The van der Waals surface area contributed by atoms with Crippen molar-refractivity contribution in [2.75, 3.05) is 0 Å². The van der Waals surface area contributed by atoms with E-state index in [2.05, 4.69) is 11.8 Å². The average molecular weight is 396 g/mol. The quantitative estimate of drug-likeness (QED) is 0.518. The number of aliphatic hydroxyl groups is 1. The van der Waals surface area contributed by atoms with Gasteiger partial charge in [-0.1, -0.05) is 31.2 Å². The lowest BCUT2D eigenvalue weighted by molar-refractivity contribution is -0.137. The number of carboxylic acid groups (broad SMARTS) is 1. The third-order valence-electron chi connectivity index (χ3n) is 5.81. The Bertz CT molecular complexity index is 873. The Morgan fingerprint density at radius 1 is 1.38 bits per heavy atom. The summed E-state index contributed by atoms with van der Waals surface area (Å²) in [6.07, 6.45) is 3.82. The summed E-state index contributed by atoms with van der Waals surface area (Å²) in [6, 6.07) is 5.94. The maximum absolute atomic E-state index is 12.4. The van der Waals surface area contributed by atoms with Crippen LogP contribution in [0.5, 0.6) is 5.75 Å². The molecular weight excluding hydrogens is 368 g/mol. The molecule has 3 rings (SSSR count). The Kier molecular flexibility index (Phi) is 6.76. The van der Waals surface area contributed by atoms with E-state index in [1.54, 1.807) is 6.92 Å². The third kappa shape index (κ3) is 4.71. The van der Waals surface area contributed by atoms with Crippen LogP contribution >= 0.6 is 0 Å². The van der Waals surface area contributed by atoms with Crippen LogP contribution in [0.4, 0.5) is 0 Å². The van der Waals surface area contributed by atoms with E-state index in [1.165, 1.54) is 0 Å². The fourth-order valence-corrected chi connectivity index (χ4v) is 4.23. The van der Waals surface area contributed by atoms with Crippen LogP contribution in [0.1, 0.15) is 63.0 Å². The molecule has 1 aliphatic carbocycles. The van der Waals surface area contributed by atoms with Crippen molar-refractivity contribution in [1.29, 1.82) is 0 Å². The maximum Gasteiger partial charge on any atom is 0.303 e. The van der Waals surface area contributed by atoms with Crippen molar-refractivity contribution in [3.8, 4) is 17.6 Å². The molecular formula is C24H28O5. The molecule has 1 heterocycles. The number of fused-ring (bicyclic) bond motifs is 3. The summed E-state index contributed by atoms with van der Waals surface area (Å²) in [4.78, 5) is 23.2. The van der Waals surface area contributed by atoms with Crippen molar-refractivity contribution < 1.29 is 24.5 Å². The molecule has 29 heavy (non-hydrogen) atoms. The monoisotopic (exact) mass is 396 g/mol. The number of hydrogen-bond acceptors (Lipinski definition) is 4. The molecule has 5 heteroatoms. The Hall–Kier alpha value is -2.58. The van der Waals surface area contributed by atoms with E-state index >= 15 is 0 Å². The second-order valence-corrected chi connectivity index (χ2v) is 7.87. The Morgan fingerprint density at radius 2 is 2.17 bits per heavy atom. The number of carboxylic acids is 1. The van der Waals surface area contributed by atoms with Gasteiger partial charge in [0.1, 0.15) is 17.6 Å². The van der Waals surface area contributed by atoms with Gasteiger partial charge in [0, 0.05) is 43.1 Å². The smallest absolute Gasteiger partial charge is 0.303 e. The van der Waals surface area contributed by atoms with E-state index in [0.29, 0.717) is 25.7 Å². The number of aliphatic hydroxyl groups excluding tert-OH is 1. The van der Waals surface area contributed by atoms with Gasteiger partial charge >= 0.3 is 5.97 Å². The number of benzene rings is 1. The van der Waals surface area contributed by atoms with Gasteiger partial charge in [-0.25, -0.2) is 0 Å². The van der Waals surface area contributed by atoms with Crippen LogP contribution in [-0.4, -0.2) is 34.2 Å². The number of Topliss-reactive ketones (excluding diaryl/α,β-unsaturated/α-hetero) is 1. The summed E-state index contributed by atoms with van der Waals surface area (Å²) in [5.41, 5.74) is 2.90. The highest BCUT2D eigenvalue weighted by atomic mass is 16.5. The van der Waals surface area contributed by atoms with Gasteiger partial charge in [-0.3, -0.25) is 9.59 Å². The predicted molar refractivity (Wildman–Crippen MR) is 110 cm³/mol. The second-order valence-electron chi connectivity index (χ2n) is 7.87. The van der Waals surface area contributed by atoms with Gasteiger partial charge in [0.25, 0.3) is 0 Å². The number of rotatable bonds is 8. The van der Waals surface area contributed by atoms with Crippen LogP contribution < -0.4 is 4.74 Å². The minimum Gasteiger partial charge on any atom is -0.489 e. The Balaban J connectivity index is 1.76. The molecule has 2 aliphatic rings. The molecule has 1 aliphatic heterocycles. The highest BCUT2D eigenvalue weighted by molar-refractivity contribution is 5.82. The number of hydrogen-bond donors (Lipinski definition) is 2. The number of carbonyl (C=O) groups is 2. The van der Waals surface area contributed by atoms with E-state index in [-0.39, 0.29) is 36.6 Å². The molecule has 1 saturated carbocycles. The molecule has 0 saturated heterocycles. The summed E-state index contributed by atoms with van der Waals surface area (Å²) in [5, 5.41) is 19.4. The Labute approximate surface area is 171 Å². The van der Waals surface area contributed by atoms with Crippen molar-refractivity contribution in [1.82, 2.24) is 0 Å². The van der Waals surface area contributed by atoms with Crippen molar-refractivity contribution in [3.05, 3.63) is 41.0 Å². The molecule has 1 unspecified atom stereocenters. The van der Waals surface area contributed by atoms with Gasteiger partial charge in [-0.2, -0.15) is 0 Å². The normalized spacial score (nSPS) is 24.2. The van der Waals surface area contributed by atoms with Gasteiger partial charge in [-0.15, -0.1) is 11.8 Å². The van der Waals surface area contributed by atoms with Gasteiger partial charge < -0.3 is 14.9 Å². The van der Waals surface area contributed by atoms with Crippen LogP contribution in [0.3, 0.4) is 0 Å². The summed E-state index contributed by atoms with van der Waals surface area (Å²) >= 11 is 0. The molecule has 0 bridgehead atoms. The molecule has 4 atom stereocenters. The van der Waals surface area contributed by atoms with E-state index < -0.39 is 12.1 Å². The van der Waals surface area contributed by atoms with E-state index in [9.17, 15) is 14.7 Å². The fraction of sp³-hybridized carbons (Fsp3) is 0.500. The van der Waals surface area contributed by atoms with Crippen molar-refractivity contribution in [2.24, 2.45) is 5.92 Å². The molecule has 5 nitrogen and oxygen atoms in total. The molecule has 0 spiro atoms. The molecule has 1 fully saturated rings. The topological polar surface area (TPSA) is 83.8 Å². The molecule has 2 N–H and O–H groups in total. The number of aliphatic carboxylic acids is 1. The lowest BCUT2D eigenvalue weighted by atomic mass is 9.89. The van der Waals surface area contributed by atoms with Crippen LogP contribution in [0.2, 0.25) is 0 Å². The lowest BCUT2D eigenvalue weighted by Crippen LogP contribution is -2.13. The zero-order valence-corrected chi connectivity index (χ0v) is 17.0. The first-order valence-corrected chi connectivity index (χ1v) is 10.2. The largest absolute Gasteiger partial charge is 0.489 e. The highest BCUT2D eigenvalue weighted by Gasteiger charge is 2.46. The molecule has 0 amide bonds. The summed E-state index contributed by atoms with van der Waals surface area (Å²) < 4.78 is 6.18. The van der Waals surface area contributed by atoms with Crippen molar-refractivity contribution >= 4 is 11.8 Å². The molecule has 0 radical (unpaired) electrons. The fourth-order valence-electron chi connectivity index (χ4n) is 4.23. The minimum atomic E-state index is -0.799. The van der Waals surface area contributed by atoms with Crippen LogP contribution in [-0.2, 0) is 16.0 Å². The number of aryl methyl sites for hydroxylation is 1. The van der Waals surface area contributed by atoms with Gasteiger partial charge in [0.05, 0.1) is 6.10 Å². The summed E-state index contributed by atoms with van der Waals surface area (Å²) in [6.45, 7) is 3.65. The van der Waals surface area contributed by atoms with E-state index in [1.807, 2.05) is 31.2 Å². The second kappa shape index (κ2) is 9.28. The van der Waals surface area contributed by atoms with E-state index in [4.69, 9.17) is 9.84 Å². The maximum atomic E-state index is 12.4. The first kappa shape index (κ1) is 21.1. The van der Waals surface area contributed by atoms with Gasteiger partial charge in [-0.05, 0) is 30.9 Å². The third-order valence-corrected chi connectivity index (χ3v) is 5.81. The predicted octanol–water partition coefficient (Wildman–Crippen LogP) is 3.64. The summed E-state index contributed by atoms with van der Waals surface area (Å²) in [7, 11) is 0. The number of carbonyl (C=O) groups excluding carboxylic acids is 1. The van der Waals surface area contributed by atoms with Gasteiger partial charge in [0.2, 0.25) is 0 Å². The minimum absolute atomic E-state index is 0.0436. The molecule has 0 aromatic heterocycles. The highest BCUT2D eigenvalue weighted by Crippen LogP contribution is 2.51. The number of para-hydroxylation sites is 1. The zero-order valence-electron chi connectivity index (χ0n) is 17.0. The van der Waals surface area contributed by atoms with Crippen LogP contribution in [0.25, 0.3) is 0 Å². The average Bonchev–Trinajstić information content (AvgIpc) is 3.19. The first-order chi connectivity index (χ1) is 13.9. The molecule has 1 aromatic carbocycles. The number of allylic oxidation sites excluding steroid dienone is 1. The Morgan fingerprint density at radius 3 is 2.90 bits per heavy atom. The SMILES string of the molecule is CC#CCC(C)C(=O)CC=C1[C@H](O)C[C@@H]2Oc3c(CCCC(=O)O)cccc3[C@H]12. The number of ketones is 1. The van der Waals surface area contributed by atoms with Gasteiger partial charge in [0.15, 0.2) is 0 Å². The zero-order chi connectivity index (χ0) is 21.0. The lowest BCUT2D eigenvalue weighted by Gasteiger charge is -2.13. The van der Waals surface area contributed by atoms with Crippen molar-refractivity contribution in [2.45, 2.75) is 70.5 Å². The van der Waals surface area contributed by atoms with Crippen molar-refractivity contribution in [3.63, 3.8) is 0 Å². The molecule has 1 aromatic rings. The standard InChI is InChI=1S/C24H28O5/c1-3-4-7-15(2)19(25)13-12-17-20(26)14-21-23(17)18-10-5-8-16(24(18)29-21)9-6-11-22(27)28/h5,8,10,12,15,20-21,23,26H,6-7,9,11,13-14H2,1-2H3,(H,27,28)/t15?,20-,21+,23+/m1/s1. The molecule has 154 valence electrons. The summed E-state index contributed by atoms with van der Waals surface area (Å²) in [5.74, 6) is 5.75. The van der Waals surface area contributed by atoms with Crippen LogP contribution in [0.15, 0.2) is 29.8 Å². The first-order valence-electron chi connectivity index (χ1n) is 10.2. The number of ether oxygens (including phenoxy) is 1. The van der Waals surface area contributed by atoms with Crippen LogP contribution in [0, 0.1) is 17.8 Å². The van der Waals surface area contributed by atoms with E-state index in [0.717, 1.165) is 22.4 Å².